The first-order valence-electron chi connectivity index (χ1n) is 8.32. The summed E-state index contributed by atoms with van der Waals surface area (Å²) >= 11 is 1.40. The number of nitrogens with one attached hydrogen (secondary N) is 2. The van der Waals surface area contributed by atoms with Crippen LogP contribution in [0.4, 0.5) is 5.00 Å². The van der Waals surface area contributed by atoms with Gasteiger partial charge in [0.2, 0.25) is 0 Å². The Labute approximate surface area is 154 Å². The van der Waals surface area contributed by atoms with Gasteiger partial charge in [0.25, 0.3) is 11.8 Å². The van der Waals surface area contributed by atoms with Crippen LogP contribution in [0.2, 0.25) is 0 Å². The number of hydrogen-bond acceptors (Lipinski definition) is 8. The Morgan fingerprint density at radius 2 is 2.38 bits per heavy atom. The summed E-state index contributed by atoms with van der Waals surface area (Å²) in [7, 11) is 2.06. The second-order valence-electron chi connectivity index (χ2n) is 6.21. The van der Waals surface area contributed by atoms with Crippen LogP contribution in [0, 0.1) is 6.92 Å². The van der Waals surface area contributed by atoms with Crippen molar-refractivity contribution in [2.24, 2.45) is 0 Å². The molecule has 1 amide bonds. The summed E-state index contributed by atoms with van der Waals surface area (Å²) in [5.74, 6) is 1.12. The summed E-state index contributed by atoms with van der Waals surface area (Å²) < 4.78 is 10.6. The molecule has 26 heavy (non-hydrogen) atoms. The van der Waals surface area contributed by atoms with Gasteiger partial charge < -0.3 is 19.6 Å². The normalized spacial score (nSPS) is 18.2. The van der Waals surface area contributed by atoms with Crippen LogP contribution in [0.15, 0.2) is 33.4 Å². The average Bonchev–Trinajstić information content (AvgIpc) is 3.35. The van der Waals surface area contributed by atoms with E-state index < -0.39 is 0 Å². The number of amides is 1. The van der Waals surface area contributed by atoms with E-state index in [2.05, 4.69) is 32.7 Å². The van der Waals surface area contributed by atoms with Gasteiger partial charge in [0, 0.05) is 19.6 Å². The Balaban J connectivity index is 1.53. The third-order valence-electron chi connectivity index (χ3n) is 4.34. The van der Waals surface area contributed by atoms with Crippen LogP contribution in [0.25, 0.3) is 10.8 Å². The van der Waals surface area contributed by atoms with E-state index in [0.29, 0.717) is 16.7 Å². The van der Waals surface area contributed by atoms with E-state index >= 15 is 0 Å². The highest BCUT2D eigenvalue weighted by atomic mass is 32.1. The number of thiophene rings is 1. The predicted octanol–water partition coefficient (Wildman–Crippen LogP) is 2.53. The number of likely N-dealkylation sites (N-methyl/N-ethyl adjacent to an activating group) is 1. The Bertz CT molecular complexity index is 902. The molecular formula is C17H19N5O3S. The SMILES string of the molecule is Cc1cc(NC(=O)c2ccco2)sc1-c1nc(C2CNCCN2C)no1. The number of aryl methyl sites for hydroxylation is 1. The molecule has 3 aromatic heterocycles. The van der Waals surface area contributed by atoms with Crippen LogP contribution in [0.3, 0.4) is 0 Å². The molecule has 9 heteroatoms. The molecule has 136 valence electrons. The molecule has 2 N–H and O–H groups in total. The largest absolute Gasteiger partial charge is 0.459 e. The Kier molecular flexibility index (Phi) is 4.58. The highest BCUT2D eigenvalue weighted by Gasteiger charge is 2.26. The molecule has 1 aliphatic rings. The van der Waals surface area contributed by atoms with Crippen LogP contribution >= 0.6 is 11.3 Å². The lowest BCUT2D eigenvalue weighted by Gasteiger charge is -2.30. The predicted molar refractivity (Wildman–Crippen MR) is 97.2 cm³/mol. The third-order valence-corrected chi connectivity index (χ3v) is 5.49. The number of hydrogen-bond donors (Lipinski definition) is 2. The van der Waals surface area contributed by atoms with Gasteiger partial charge in [-0.05, 0) is 37.7 Å². The first-order valence-corrected chi connectivity index (χ1v) is 9.13. The zero-order valence-corrected chi connectivity index (χ0v) is 15.3. The van der Waals surface area contributed by atoms with Crippen LogP contribution in [0.1, 0.15) is 28.0 Å². The van der Waals surface area contributed by atoms with Crippen molar-refractivity contribution in [3.05, 3.63) is 41.6 Å². The summed E-state index contributed by atoms with van der Waals surface area (Å²) in [4.78, 5) is 19.8. The quantitative estimate of drug-likeness (QED) is 0.725. The summed E-state index contributed by atoms with van der Waals surface area (Å²) in [6.45, 7) is 4.64. The number of carbonyl (C=O) groups is 1. The number of rotatable bonds is 4. The van der Waals surface area contributed by atoms with Crippen molar-refractivity contribution in [2.45, 2.75) is 13.0 Å². The molecule has 1 aliphatic heterocycles. The van der Waals surface area contributed by atoms with E-state index in [1.54, 1.807) is 12.1 Å². The molecule has 4 heterocycles. The van der Waals surface area contributed by atoms with Crippen LogP contribution in [0.5, 0.6) is 0 Å². The smallest absolute Gasteiger partial charge is 0.291 e. The Morgan fingerprint density at radius 3 is 3.15 bits per heavy atom. The van der Waals surface area contributed by atoms with E-state index in [0.717, 1.165) is 30.1 Å². The molecule has 0 spiro atoms. The van der Waals surface area contributed by atoms with Gasteiger partial charge in [0.15, 0.2) is 11.6 Å². The Morgan fingerprint density at radius 1 is 1.50 bits per heavy atom. The molecule has 0 aliphatic carbocycles. The zero-order chi connectivity index (χ0) is 18.1. The number of furan rings is 1. The minimum absolute atomic E-state index is 0.0969. The average molecular weight is 373 g/mol. The number of piperazine rings is 1. The number of carbonyl (C=O) groups excluding carboxylic acids is 1. The first kappa shape index (κ1) is 17.0. The zero-order valence-electron chi connectivity index (χ0n) is 14.5. The molecule has 0 aromatic carbocycles. The highest BCUT2D eigenvalue weighted by Crippen LogP contribution is 2.35. The van der Waals surface area contributed by atoms with Gasteiger partial charge in [0.05, 0.1) is 22.2 Å². The van der Waals surface area contributed by atoms with E-state index in [9.17, 15) is 4.79 Å². The van der Waals surface area contributed by atoms with Gasteiger partial charge in [0.1, 0.15) is 0 Å². The van der Waals surface area contributed by atoms with Gasteiger partial charge in [-0.1, -0.05) is 5.16 Å². The fourth-order valence-electron chi connectivity index (χ4n) is 2.89. The Hall–Kier alpha value is -2.49. The number of aromatic nitrogens is 2. The van der Waals surface area contributed by atoms with Crippen LogP contribution < -0.4 is 10.6 Å². The number of anilines is 1. The molecule has 0 radical (unpaired) electrons. The molecule has 1 atom stereocenters. The molecule has 0 saturated carbocycles. The molecular weight excluding hydrogens is 354 g/mol. The van der Waals surface area contributed by atoms with Gasteiger partial charge >= 0.3 is 0 Å². The molecule has 1 saturated heterocycles. The highest BCUT2D eigenvalue weighted by molar-refractivity contribution is 7.19. The maximum atomic E-state index is 12.1. The van der Waals surface area contributed by atoms with Crippen molar-refractivity contribution in [2.75, 3.05) is 32.0 Å². The van der Waals surface area contributed by atoms with Gasteiger partial charge in [-0.3, -0.25) is 9.69 Å². The van der Waals surface area contributed by atoms with E-state index in [1.165, 1.54) is 17.6 Å². The fraction of sp³-hybridized carbons (Fsp3) is 0.353. The van der Waals surface area contributed by atoms with Crippen molar-refractivity contribution in [3.63, 3.8) is 0 Å². The lowest BCUT2D eigenvalue weighted by molar-refractivity contribution is 0.0997. The summed E-state index contributed by atoms with van der Waals surface area (Å²) in [6, 6.07) is 5.28. The summed E-state index contributed by atoms with van der Waals surface area (Å²) in [5, 5.41) is 11.0. The standard InChI is InChI=1S/C17H19N5O3S/c1-10-8-13(19-16(23)12-4-3-7-24-12)26-14(10)17-20-15(21-25-17)11-9-18-5-6-22(11)2/h3-4,7-8,11,18H,5-6,9H2,1-2H3,(H,19,23). The topological polar surface area (TPSA) is 96.4 Å². The maximum Gasteiger partial charge on any atom is 0.291 e. The summed E-state index contributed by atoms with van der Waals surface area (Å²) in [6.07, 6.45) is 1.47. The molecule has 1 fully saturated rings. The van der Waals surface area contributed by atoms with Crippen molar-refractivity contribution >= 4 is 22.2 Å². The van der Waals surface area contributed by atoms with Crippen molar-refractivity contribution in [1.82, 2.24) is 20.4 Å². The third kappa shape index (κ3) is 3.28. The van der Waals surface area contributed by atoms with Crippen molar-refractivity contribution < 1.29 is 13.7 Å². The molecule has 8 nitrogen and oxygen atoms in total. The first-order chi connectivity index (χ1) is 12.6. The molecule has 4 rings (SSSR count). The maximum absolute atomic E-state index is 12.1. The van der Waals surface area contributed by atoms with Crippen LogP contribution in [-0.2, 0) is 0 Å². The molecule has 0 bridgehead atoms. The molecule has 1 unspecified atom stereocenters. The minimum atomic E-state index is -0.288. The minimum Gasteiger partial charge on any atom is -0.459 e. The lowest BCUT2D eigenvalue weighted by atomic mass is 10.2. The summed E-state index contributed by atoms with van der Waals surface area (Å²) in [5.41, 5.74) is 0.968. The van der Waals surface area contributed by atoms with Crippen LogP contribution in [-0.4, -0.2) is 47.6 Å². The second kappa shape index (κ2) is 7.02. The second-order valence-corrected chi connectivity index (χ2v) is 7.26. The lowest BCUT2D eigenvalue weighted by Crippen LogP contribution is -2.44. The van der Waals surface area contributed by atoms with Crippen molar-refractivity contribution in [1.29, 1.82) is 0 Å². The van der Waals surface area contributed by atoms with Gasteiger partial charge in [-0.25, -0.2) is 0 Å². The van der Waals surface area contributed by atoms with E-state index in [-0.39, 0.29) is 17.7 Å². The van der Waals surface area contributed by atoms with Crippen molar-refractivity contribution in [3.8, 4) is 10.8 Å². The monoisotopic (exact) mass is 373 g/mol. The van der Waals surface area contributed by atoms with E-state index in [1.807, 2.05) is 13.0 Å². The van der Waals surface area contributed by atoms with Gasteiger partial charge in [-0.2, -0.15) is 4.98 Å². The fourth-order valence-corrected chi connectivity index (χ4v) is 3.88. The van der Waals surface area contributed by atoms with Gasteiger partial charge in [-0.15, -0.1) is 11.3 Å². The molecule has 3 aromatic rings. The number of nitrogens with zero attached hydrogens (tertiary/aromatic N) is 3. The van der Waals surface area contributed by atoms with E-state index in [4.69, 9.17) is 8.94 Å².